The number of benzene rings is 1. The molecule has 0 bridgehead atoms. The van der Waals surface area contributed by atoms with Crippen molar-refractivity contribution in [3.63, 3.8) is 0 Å². The van der Waals surface area contributed by atoms with E-state index < -0.39 is 0 Å². The van der Waals surface area contributed by atoms with Crippen LogP contribution in [0.25, 0.3) is 5.57 Å². The van der Waals surface area contributed by atoms with E-state index in [0.717, 1.165) is 17.6 Å². The first-order valence-electron chi connectivity index (χ1n) is 5.63. The minimum absolute atomic E-state index is 0.219. The van der Waals surface area contributed by atoms with E-state index in [1.54, 1.807) is 0 Å². The zero-order valence-electron chi connectivity index (χ0n) is 10.1. The molecule has 0 heterocycles. The van der Waals surface area contributed by atoms with Crippen LogP contribution in [-0.2, 0) is 9.53 Å². The first kappa shape index (κ1) is 12.5. The number of carbonyl (C=O) groups excluding carboxylic acids is 1. The zero-order chi connectivity index (χ0) is 12.0. The van der Waals surface area contributed by atoms with Crippen molar-refractivity contribution in [1.82, 2.24) is 0 Å². The second kappa shape index (κ2) is 6.11. The summed E-state index contributed by atoms with van der Waals surface area (Å²) in [5, 5.41) is 0. The highest BCUT2D eigenvalue weighted by Crippen LogP contribution is 2.22. The maximum atomic E-state index is 11.6. The van der Waals surface area contributed by atoms with E-state index in [0.29, 0.717) is 12.2 Å². The van der Waals surface area contributed by atoms with Crippen LogP contribution in [0.5, 0.6) is 0 Å². The fraction of sp³-hybridized carbons (Fsp3) is 0.357. The van der Waals surface area contributed by atoms with Crippen LogP contribution < -0.4 is 0 Å². The van der Waals surface area contributed by atoms with Crippen molar-refractivity contribution in [2.75, 3.05) is 6.61 Å². The Balaban J connectivity index is 3.05. The predicted octanol–water partition coefficient (Wildman–Crippen LogP) is 3.43. The van der Waals surface area contributed by atoms with Gasteiger partial charge in [-0.25, -0.2) is 4.79 Å². The standard InChI is InChI=1S/C14H18O2/c1-4-13(11(3)14(15)16-5-2)12-9-7-6-8-10-12/h6-10H,4-5H2,1-3H3. The molecule has 2 nitrogen and oxygen atoms in total. The van der Waals surface area contributed by atoms with Crippen molar-refractivity contribution < 1.29 is 9.53 Å². The normalized spacial score (nSPS) is 11.9. The van der Waals surface area contributed by atoms with Gasteiger partial charge in [0.15, 0.2) is 0 Å². The molecule has 0 aliphatic rings. The maximum absolute atomic E-state index is 11.6. The third-order valence-corrected chi connectivity index (χ3v) is 2.51. The van der Waals surface area contributed by atoms with Gasteiger partial charge in [0.25, 0.3) is 0 Å². The van der Waals surface area contributed by atoms with Gasteiger partial charge in [-0.15, -0.1) is 0 Å². The van der Waals surface area contributed by atoms with E-state index in [2.05, 4.69) is 0 Å². The second-order valence-corrected chi connectivity index (χ2v) is 3.54. The highest BCUT2D eigenvalue weighted by molar-refractivity contribution is 5.97. The van der Waals surface area contributed by atoms with E-state index >= 15 is 0 Å². The lowest BCUT2D eigenvalue weighted by atomic mass is 9.98. The van der Waals surface area contributed by atoms with Crippen LogP contribution in [0, 0.1) is 0 Å². The number of rotatable bonds is 4. The summed E-state index contributed by atoms with van der Waals surface area (Å²) in [5.74, 6) is -0.219. The highest BCUT2D eigenvalue weighted by atomic mass is 16.5. The lowest BCUT2D eigenvalue weighted by Crippen LogP contribution is -2.07. The van der Waals surface area contributed by atoms with Crippen molar-refractivity contribution in [2.45, 2.75) is 27.2 Å². The van der Waals surface area contributed by atoms with E-state index in [1.165, 1.54) is 0 Å². The molecule has 0 N–H and O–H groups in total. The number of hydrogen-bond acceptors (Lipinski definition) is 2. The summed E-state index contributed by atoms with van der Waals surface area (Å²) in [6.45, 7) is 6.11. The Morgan fingerprint density at radius 2 is 1.81 bits per heavy atom. The summed E-state index contributed by atoms with van der Waals surface area (Å²) < 4.78 is 5.01. The smallest absolute Gasteiger partial charge is 0.333 e. The van der Waals surface area contributed by atoms with Crippen LogP contribution in [0.2, 0.25) is 0 Å². The summed E-state index contributed by atoms with van der Waals surface area (Å²) >= 11 is 0. The van der Waals surface area contributed by atoms with Crippen LogP contribution in [0.15, 0.2) is 35.9 Å². The largest absolute Gasteiger partial charge is 0.463 e. The number of carbonyl (C=O) groups is 1. The van der Waals surface area contributed by atoms with Gasteiger partial charge in [0.05, 0.1) is 6.61 Å². The third kappa shape index (κ3) is 2.96. The molecule has 0 spiro atoms. The molecule has 0 saturated heterocycles. The van der Waals surface area contributed by atoms with Gasteiger partial charge in [-0.2, -0.15) is 0 Å². The zero-order valence-corrected chi connectivity index (χ0v) is 10.1. The summed E-state index contributed by atoms with van der Waals surface area (Å²) in [7, 11) is 0. The fourth-order valence-corrected chi connectivity index (χ4v) is 1.69. The van der Waals surface area contributed by atoms with Gasteiger partial charge in [0.1, 0.15) is 0 Å². The average molecular weight is 218 g/mol. The Hall–Kier alpha value is -1.57. The van der Waals surface area contributed by atoms with Crippen molar-refractivity contribution in [1.29, 1.82) is 0 Å². The van der Waals surface area contributed by atoms with E-state index in [1.807, 2.05) is 51.1 Å². The molecule has 86 valence electrons. The summed E-state index contributed by atoms with van der Waals surface area (Å²) in [6.07, 6.45) is 0.828. The first-order chi connectivity index (χ1) is 7.70. The van der Waals surface area contributed by atoms with Crippen LogP contribution in [0.3, 0.4) is 0 Å². The van der Waals surface area contributed by atoms with Gasteiger partial charge >= 0.3 is 5.97 Å². The molecule has 0 unspecified atom stereocenters. The average Bonchev–Trinajstić information content (AvgIpc) is 2.31. The van der Waals surface area contributed by atoms with E-state index in [4.69, 9.17) is 4.74 Å². The van der Waals surface area contributed by atoms with Gasteiger partial charge in [-0.05, 0) is 31.4 Å². The highest BCUT2D eigenvalue weighted by Gasteiger charge is 2.11. The lowest BCUT2D eigenvalue weighted by molar-refractivity contribution is -0.138. The summed E-state index contributed by atoms with van der Waals surface area (Å²) in [4.78, 5) is 11.6. The minimum atomic E-state index is -0.219. The molecule has 0 aliphatic heterocycles. The molecule has 0 fully saturated rings. The third-order valence-electron chi connectivity index (χ3n) is 2.51. The maximum Gasteiger partial charge on any atom is 0.333 e. The number of esters is 1. The quantitative estimate of drug-likeness (QED) is 0.571. The number of ether oxygens (including phenoxy) is 1. The molecule has 0 atom stereocenters. The fourth-order valence-electron chi connectivity index (χ4n) is 1.69. The Labute approximate surface area is 96.9 Å². The van der Waals surface area contributed by atoms with Crippen molar-refractivity contribution >= 4 is 11.5 Å². The van der Waals surface area contributed by atoms with Crippen LogP contribution in [-0.4, -0.2) is 12.6 Å². The molecule has 0 aromatic heterocycles. The molecular formula is C14H18O2. The number of allylic oxidation sites excluding steroid dienone is 1. The lowest BCUT2D eigenvalue weighted by Gasteiger charge is -2.10. The molecule has 1 aromatic carbocycles. The topological polar surface area (TPSA) is 26.3 Å². The molecule has 16 heavy (non-hydrogen) atoms. The van der Waals surface area contributed by atoms with Crippen molar-refractivity contribution in [3.05, 3.63) is 41.5 Å². The Bertz CT molecular complexity index is 377. The van der Waals surface area contributed by atoms with Crippen LogP contribution in [0.1, 0.15) is 32.8 Å². The van der Waals surface area contributed by atoms with Gasteiger partial charge in [0.2, 0.25) is 0 Å². The predicted molar refractivity (Wildman–Crippen MR) is 66.0 cm³/mol. The van der Waals surface area contributed by atoms with E-state index in [-0.39, 0.29) is 5.97 Å². The summed E-state index contributed by atoms with van der Waals surface area (Å²) in [5.41, 5.74) is 2.85. The molecular weight excluding hydrogens is 200 g/mol. The van der Waals surface area contributed by atoms with Crippen LogP contribution >= 0.6 is 0 Å². The minimum Gasteiger partial charge on any atom is -0.463 e. The van der Waals surface area contributed by atoms with Gasteiger partial charge in [-0.3, -0.25) is 0 Å². The van der Waals surface area contributed by atoms with Crippen molar-refractivity contribution in [3.8, 4) is 0 Å². The molecule has 0 amide bonds. The molecule has 1 aromatic rings. The Morgan fingerprint density at radius 1 is 1.19 bits per heavy atom. The first-order valence-corrected chi connectivity index (χ1v) is 5.63. The SMILES string of the molecule is CCOC(=O)C(C)=C(CC)c1ccccc1. The van der Waals surface area contributed by atoms with Gasteiger partial charge < -0.3 is 4.74 Å². The van der Waals surface area contributed by atoms with Gasteiger partial charge in [-0.1, -0.05) is 37.3 Å². The van der Waals surface area contributed by atoms with Gasteiger partial charge in [0, 0.05) is 5.57 Å². The van der Waals surface area contributed by atoms with Crippen LogP contribution in [0.4, 0.5) is 0 Å². The Morgan fingerprint density at radius 3 is 2.31 bits per heavy atom. The summed E-state index contributed by atoms with van der Waals surface area (Å²) in [6, 6.07) is 9.95. The van der Waals surface area contributed by atoms with Crippen molar-refractivity contribution in [2.24, 2.45) is 0 Å². The Kier molecular flexibility index (Phi) is 4.77. The van der Waals surface area contributed by atoms with E-state index in [9.17, 15) is 4.79 Å². The molecule has 0 saturated carbocycles. The molecule has 0 radical (unpaired) electrons. The number of hydrogen-bond donors (Lipinski definition) is 0. The molecule has 1 rings (SSSR count). The monoisotopic (exact) mass is 218 g/mol. The molecule has 0 aliphatic carbocycles. The second-order valence-electron chi connectivity index (χ2n) is 3.54. The molecule has 2 heteroatoms.